The molecule has 0 spiro atoms. The molecule has 3 rings (SSSR count). The Morgan fingerprint density at radius 3 is 2.24 bits per heavy atom. The summed E-state index contributed by atoms with van der Waals surface area (Å²) >= 11 is 0. The van der Waals surface area contributed by atoms with E-state index < -0.39 is 7.60 Å². The third-order valence-corrected chi connectivity index (χ3v) is 4.06. The summed E-state index contributed by atoms with van der Waals surface area (Å²) in [6.07, 6.45) is 0. The van der Waals surface area contributed by atoms with Crippen LogP contribution in [0.5, 0.6) is 11.5 Å². The van der Waals surface area contributed by atoms with Crippen LogP contribution in [0.1, 0.15) is 0 Å². The van der Waals surface area contributed by atoms with Crippen LogP contribution in [0, 0.1) is 0 Å². The SMILES string of the molecule is O=P(O)(O)c1cccc(Oc2ccc3ccccc3c2)c1. The second-order valence-electron chi connectivity index (χ2n) is 4.65. The van der Waals surface area contributed by atoms with E-state index >= 15 is 0 Å². The van der Waals surface area contributed by atoms with Gasteiger partial charge in [0.1, 0.15) is 11.5 Å². The first-order valence-corrected chi connectivity index (χ1v) is 7.96. The fraction of sp³-hybridized carbons (Fsp3) is 0. The average Bonchev–Trinajstić information content (AvgIpc) is 2.46. The van der Waals surface area contributed by atoms with Gasteiger partial charge >= 0.3 is 7.60 Å². The molecule has 0 aliphatic rings. The van der Waals surface area contributed by atoms with E-state index in [1.807, 2.05) is 42.5 Å². The summed E-state index contributed by atoms with van der Waals surface area (Å²) in [6.45, 7) is 0. The maximum atomic E-state index is 11.3. The Kier molecular flexibility index (Phi) is 3.52. The van der Waals surface area contributed by atoms with Crippen LogP contribution in [0.3, 0.4) is 0 Å². The first-order valence-electron chi connectivity index (χ1n) is 6.35. The Labute approximate surface area is 121 Å². The molecule has 5 heteroatoms. The maximum Gasteiger partial charge on any atom is 0.356 e. The van der Waals surface area contributed by atoms with E-state index in [0.29, 0.717) is 11.5 Å². The largest absolute Gasteiger partial charge is 0.457 e. The normalized spacial score (nSPS) is 11.5. The number of benzene rings is 3. The average molecular weight is 300 g/mol. The quantitative estimate of drug-likeness (QED) is 0.727. The van der Waals surface area contributed by atoms with Crippen LogP contribution in [0.4, 0.5) is 0 Å². The van der Waals surface area contributed by atoms with E-state index in [2.05, 4.69) is 0 Å². The zero-order valence-electron chi connectivity index (χ0n) is 11.0. The van der Waals surface area contributed by atoms with Gasteiger partial charge in [-0.05, 0) is 41.1 Å². The predicted octanol–water partition coefficient (Wildman–Crippen LogP) is 3.44. The fourth-order valence-electron chi connectivity index (χ4n) is 2.10. The minimum absolute atomic E-state index is 0.0548. The van der Waals surface area contributed by atoms with Crippen LogP contribution in [-0.2, 0) is 4.57 Å². The van der Waals surface area contributed by atoms with Crippen molar-refractivity contribution in [2.24, 2.45) is 0 Å². The Morgan fingerprint density at radius 2 is 1.48 bits per heavy atom. The van der Waals surface area contributed by atoms with Gasteiger partial charge in [-0.2, -0.15) is 0 Å². The highest BCUT2D eigenvalue weighted by molar-refractivity contribution is 7.60. The summed E-state index contributed by atoms with van der Waals surface area (Å²) in [6, 6.07) is 19.5. The summed E-state index contributed by atoms with van der Waals surface area (Å²) < 4.78 is 16.9. The summed E-state index contributed by atoms with van der Waals surface area (Å²) in [5.41, 5.74) is 0. The smallest absolute Gasteiger partial charge is 0.356 e. The molecule has 0 unspecified atom stereocenters. The molecule has 106 valence electrons. The van der Waals surface area contributed by atoms with Crippen molar-refractivity contribution in [3.05, 3.63) is 66.7 Å². The van der Waals surface area contributed by atoms with Crippen molar-refractivity contribution in [3.63, 3.8) is 0 Å². The van der Waals surface area contributed by atoms with Crippen LogP contribution < -0.4 is 10.0 Å². The number of ether oxygens (including phenoxy) is 1. The van der Waals surface area contributed by atoms with E-state index in [0.717, 1.165) is 10.8 Å². The van der Waals surface area contributed by atoms with Gasteiger partial charge in [-0.3, -0.25) is 4.57 Å². The first kappa shape index (κ1) is 13.8. The number of hydrogen-bond donors (Lipinski definition) is 2. The van der Waals surface area contributed by atoms with Gasteiger partial charge in [-0.1, -0.05) is 36.4 Å². The van der Waals surface area contributed by atoms with E-state index in [1.54, 1.807) is 12.1 Å². The molecule has 0 bridgehead atoms. The summed E-state index contributed by atoms with van der Waals surface area (Å²) in [5, 5.41) is 2.09. The zero-order valence-corrected chi connectivity index (χ0v) is 11.9. The molecule has 0 heterocycles. The molecule has 0 saturated heterocycles. The lowest BCUT2D eigenvalue weighted by Crippen LogP contribution is -2.03. The second-order valence-corrected chi connectivity index (χ2v) is 6.26. The van der Waals surface area contributed by atoms with Crippen LogP contribution in [-0.4, -0.2) is 9.79 Å². The highest BCUT2D eigenvalue weighted by Gasteiger charge is 2.17. The molecule has 0 aromatic heterocycles. The van der Waals surface area contributed by atoms with Crippen molar-refractivity contribution >= 4 is 23.7 Å². The predicted molar refractivity (Wildman–Crippen MR) is 82.1 cm³/mol. The number of hydrogen-bond acceptors (Lipinski definition) is 2. The van der Waals surface area contributed by atoms with Gasteiger partial charge in [0.05, 0.1) is 5.30 Å². The van der Waals surface area contributed by atoms with Gasteiger partial charge in [0.15, 0.2) is 0 Å². The van der Waals surface area contributed by atoms with Crippen molar-refractivity contribution in [2.45, 2.75) is 0 Å². The molecule has 0 amide bonds. The van der Waals surface area contributed by atoms with E-state index in [4.69, 9.17) is 4.74 Å². The minimum atomic E-state index is -4.27. The standard InChI is InChI=1S/C16H13O4P/c17-21(18,19)16-7-3-6-14(11-16)20-15-9-8-12-4-1-2-5-13(12)10-15/h1-11H,(H2,17,18,19). The molecule has 0 radical (unpaired) electrons. The van der Waals surface area contributed by atoms with Crippen molar-refractivity contribution < 1.29 is 19.1 Å². The minimum Gasteiger partial charge on any atom is -0.457 e. The van der Waals surface area contributed by atoms with Crippen molar-refractivity contribution in [1.29, 1.82) is 0 Å². The Morgan fingerprint density at radius 1 is 0.762 bits per heavy atom. The molecule has 0 atom stereocenters. The Hall–Kier alpha value is -2.13. The molecule has 2 N–H and O–H groups in total. The molecule has 21 heavy (non-hydrogen) atoms. The van der Waals surface area contributed by atoms with Crippen molar-refractivity contribution in [3.8, 4) is 11.5 Å². The van der Waals surface area contributed by atoms with E-state index in [-0.39, 0.29) is 5.30 Å². The highest BCUT2D eigenvalue weighted by Crippen LogP contribution is 2.35. The highest BCUT2D eigenvalue weighted by atomic mass is 31.2. The molecule has 0 aliphatic carbocycles. The lowest BCUT2D eigenvalue weighted by Gasteiger charge is -2.09. The van der Waals surface area contributed by atoms with Crippen LogP contribution in [0.2, 0.25) is 0 Å². The number of fused-ring (bicyclic) bond motifs is 1. The molecule has 0 aliphatic heterocycles. The third kappa shape index (κ3) is 3.14. The van der Waals surface area contributed by atoms with Gasteiger partial charge in [-0.25, -0.2) is 0 Å². The van der Waals surface area contributed by atoms with E-state index in [1.165, 1.54) is 12.1 Å². The third-order valence-electron chi connectivity index (χ3n) is 3.11. The topological polar surface area (TPSA) is 66.8 Å². The molecular weight excluding hydrogens is 287 g/mol. The molecule has 0 saturated carbocycles. The van der Waals surface area contributed by atoms with Crippen molar-refractivity contribution in [1.82, 2.24) is 0 Å². The lowest BCUT2D eigenvalue weighted by molar-refractivity contribution is 0.387. The van der Waals surface area contributed by atoms with Crippen molar-refractivity contribution in [2.75, 3.05) is 0 Å². The Bertz CT molecular complexity index is 838. The molecular formula is C16H13O4P. The van der Waals surface area contributed by atoms with Crippen LogP contribution in [0.25, 0.3) is 10.8 Å². The Balaban J connectivity index is 1.93. The summed E-state index contributed by atoms with van der Waals surface area (Å²) in [5.74, 6) is 1.02. The lowest BCUT2D eigenvalue weighted by atomic mass is 10.1. The molecule has 3 aromatic carbocycles. The van der Waals surface area contributed by atoms with Crippen LogP contribution >= 0.6 is 7.60 Å². The van der Waals surface area contributed by atoms with Gasteiger partial charge in [-0.15, -0.1) is 0 Å². The first-order chi connectivity index (χ1) is 10.0. The molecule has 3 aromatic rings. The molecule has 4 nitrogen and oxygen atoms in total. The zero-order chi connectivity index (χ0) is 14.9. The van der Waals surface area contributed by atoms with Gasteiger partial charge < -0.3 is 14.5 Å². The monoisotopic (exact) mass is 300 g/mol. The second kappa shape index (κ2) is 5.34. The summed E-state index contributed by atoms with van der Waals surface area (Å²) in [4.78, 5) is 18.4. The number of rotatable bonds is 3. The fourth-order valence-corrected chi connectivity index (χ4v) is 2.67. The van der Waals surface area contributed by atoms with Crippen LogP contribution in [0.15, 0.2) is 66.7 Å². The van der Waals surface area contributed by atoms with Gasteiger partial charge in [0, 0.05) is 0 Å². The maximum absolute atomic E-state index is 11.3. The van der Waals surface area contributed by atoms with E-state index in [9.17, 15) is 14.4 Å². The molecule has 0 fully saturated rings. The van der Waals surface area contributed by atoms with Gasteiger partial charge in [0.2, 0.25) is 0 Å². The summed E-state index contributed by atoms with van der Waals surface area (Å²) in [7, 11) is -4.27. The van der Waals surface area contributed by atoms with Gasteiger partial charge in [0.25, 0.3) is 0 Å².